The Morgan fingerprint density at radius 2 is 1.72 bits per heavy atom. The van der Waals surface area contributed by atoms with Gasteiger partial charge in [0.1, 0.15) is 18.8 Å². The van der Waals surface area contributed by atoms with Crippen molar-refractivity contribution in [3.05, 3.63) is 0 Å². The fourth-order valence-corrected chi connectivity index (χ4v) is 4.02. The zero-order valence-electron chi connectivity index (χ0n) is 18.4. The summed E-state index contributed by atoms with van der Waals surface area (Å²) in [6.07, 6.45) is 4.89. The summed E-state index contributed by atoms with van der Waals surface area (Å²) in [5.41, 5.74) is -0.601. The van der Waals surface area contributed by atoms with Gasteiger partial charge in [0.2, 0.25) is 5.91 Å². The Balaban J connectivity index is 1.78. The molecular formula is C21H36N2O6. The van der Waals surface area contributed by atoms with Gasteiger partial charge in [-0.15, -0.1) is 0 Å². The zero-order valence-corrected chi connectivity index (χ0v) is 18.4. The molecule has 1 aliphatic carbocycles. The van der Waals surface area contributed by atoms with Crippen molar-refractivity contribution in [1.29, 1.82) is 0 Å². The van der Waals surface area contributed by atoms with E-state index >= 15 is 0 Å². The molecule has 0 bridgehead atoms. The first-order valence-electron chi connectivity index (χ1n) is 10.5. The molecule has 1 saturated heterocycles. The highest BCUT2D eigenvalue weighted by atomic mass is 16.6. The number of nitrogens with zero attached hydrogens (tertiary/aromatic N) is 2. The number of carbonyl (C=O) groups is 3. The maximum Gasteiger partial charge on any atom is 0.315 e. The van der Waals surface area contributed by atoms with Gasteiger partial charge in [0, 0.05) is 13.6 Å². The Morgan fingerprint density at radius 1 is 1.07 bits per heavy atom. The Bertz CT molecular complexity index is 580. The van der Waals surface area contributed by atoms with E-state index in [2.05, 4.69) is 4.90 Å². The lowest BCUT2D eigenvalue weighted by Gasteiger charge is -2.34. The van der Waals surface area contributed by atoms with E-state index in [4.69, 9.17) is 14.2 Å². The van der Waals surface area contributed by atoms with E-state index in [0.717, 1.165) is 45.1 Å². The van der Waals surface area contributed by atoms with Crippen LogP contribution in [0.5, 0.6) is 0 Å². The molecule has 1 amide bonds. The minimum Gasteiger partial charge on any atom is -0.469 e. The maximum atomic E-state index is 12.5. The molecule has 1 unspecified atom stereocenters. The molecule has 0 aromatic carbocycles. The van der Waals surface area contributed by atoms with E-state index in [0.29, 0.717) is 6.73 Å². The molecule has 2 fully saturated rings. The monoisotopic (exact) mass is 412 g/mol. The van der Waals surface area contributed by atoms with Crippen molar-refractivity contribution in [2.75, 3.05) is 27.4 Å². The molecule has 2 rings (SSSR count). The van der Waals surface area contributed by atoms with Gasteiger partial charge in [-0.1, -0.05) is 0 Å². The van der Waals surface area contributed by atoms with Crippen LogP contribution < -0.4 is 0 Å². The summed E-state index contributed by atoms with van der Waals surface area (Å²) in [4.78, 5) is 39.9. The van der Waals surface area contributed by atoms with Crippen molar-refractivity contribution in [2.24, 2.45) is 5.92 Å². The summed E-state index contributed by atoms with van der Waals surface area (Å²) in [6, 6.07) is 0. The van der Waals surface area contributed by atoms with Gasteiger partial charge < -0.3 is 19.1 Å². The van der Waals surface area contributed by atoms with Gasteiger partial charge in [-0.25, -0.2) is 0 Å². The fraction of sp³-hybridized carbons (Fsp3) is 0.857. The predicted molar refractivity (Wildman–Crippen MR) is 107 cm³/mol. The van der Waals surface area contributed by atoms with Crippen LogP contribution >= 0.6 is 0 Å². The van der Waals surface area contributed by atoms with Crippen LogP contribution in [0.15, 0.2) is 0 Å². The van der Waals surface area contributed by atoms with Crippen LogP contribution in [0.2, 0.25) is 0 Å². The molecule has 1 saturated carbocycles. The van der Waals surface area contributed by atoms with Crippen LogP contribution in [-0.2, 0) is 28.6 Å². The molecule has 0 aromatic rings. The molecular weight excluding hydrogens is 376 g/mol. The van der Waals surface area contributed by atoms with Crippen LogP contribution in [-0.4, -0.2) is 72.9 Å². The Hall–Kier alpha value is -1.67. The highest BCUT2D eigenvalue weighted by Gasteiger charge is 2.33. The average molecular weight is 413 g/mol. The first-order valence-corrected chi connectivity index (χ1v) is 10.5. The third kappa shape index (κ3) is 7.26. The van der Waals surface area contributed by atoms with Gasteiger partial charge in [-0.3, -0.25) is 19.3 Å². The van der Waals surface area contributed by atoms with Crippen LogP contribution in [0.4, 0.5) is 0 Å². The van der Waals surface area contributed by atoms with Gasteiger partial charge in [-0.05, 0) is 59.3 Å². The number of esters is 2. The van der Waals surface area contributed by atoms with Crippen molar-refractivity contribution in [2.45, 2.75) is 83.6 Å². The van der Waals surface area contributed by atoms with Gasteiger partial charge in [0.15, 0.2) is 0 Å². The second-order valence-electron chi connectivity index (χ2n) is 9.00. The fourth-order valence-electron chi connectivity index (χ4n) is 4.02. The SMILES string of the molecule is COC(=O)C1CCC(OCN2CCCC2N(C)C(=O)CC(=O)OC(C)(C)C)CC1. The third-order valence-corrected chi connectivity index (χ3v) is 5.57. The minimum atomic E-state index is -0.601. The topological polar surface area (TPSA) is 85.4 Å². The summed E-state index contributed by atoms with van der Waals surface area (Å²) in [6.45, 7) is 6.66. The molecule has 0 radical (unpaired) electrons. The number of hydrogen-bond donors (Lipinski definition) is 0. The predicted octanol–water partition coefficient (Wildman–Crippen LogP) is 2.30. The molecule has 1 heterocycles. The Morgan fingerprint density at radius 3 is 2.31 bits per heavy atom. The van der Waals surface area contributed by atoms with Crippen molar-refractivity contribution >= 4 is 17.8 Å². The molecule has 2 aliphatic rings. The molecule has 29 heavy (non-hydrogen) atoms. The van der Waals surface area contributed by atoms with Gasteiger partial charge in [0.25, 0.3) is 0 Å². The maximum absolute atomic E-state index is 12.5. The molecule has 8 nitrogen and oxygen atoms in total. The summed E-state index contributed by atoms with van der Waals surface area (Å²) >= 11 is 0. The number of likely N-dealkylation sites (tertiary alicyclic amines) is 1. The largest absolute Gasteiger partial charge is 0.469 e. The van der Waals surface area contributed by atoms with Crippen LogP contribution in [0.3, 0.4) is 0 Å². The van der Waals surface area contributed by atoms with E-state index in [9.17, 15) is 14.4 Å². The lowest BCUT2D eigenvalue weighted by atomic mass is 9.87. The summed E-state index contributed by atoms with van der Waals surface area (Å²) in [7, 11) is 3.16. The van der Waals surface area contributed by atoms with Gasteiger partial charge in [-0.2, -0.15) is 0 Å². The first kappa shape index (κ1) is 23.6. The molecule has 8 heteroatoms. The smallest absolute Gasteiger partial charge is 0.315 e. The number of rotatable bonds is 7. The van der Waals surface area contributed by atoms with Crippen molar-refractivity contribution in [1.82, 2.24) is 9.80 Å². The highest BCUT2D eigenvalue weighted by molar-refractivity contribution is 5.94. The van der Waals surface area contributed by atoms with E-state index in [1.165, 1.54) is 7.11 Å². The second kappa shape index (κ2) is 10.4. The average Bonchev–Trinajstić information content (AvgIpc) is 3.12. The number of amides is 1. The van der Waals surface area contributed by atoms with Gasteiger partial charge >= 0.3 is 11.9 Å². The molecule has 0 spiro atoms. The molecule has 166 valence electrons. The van der Waals surface area contributed by atoms with Crippen molar-refractivity contribution in [3.8, 4) is 0 Å². The number of hydrogen-bond acceptors (Lipinski definition) is 7. The molecule has 0 N–H and O–H groups in total. The second-order valence-corrected chi connectivity index (χ2v) is 9.00. The Labute approximate surface area is 173 Å². The van der Waals surface area contributed by atoms with Crippen LogP contribution in [0.25, 0.3) is 0 Å². The lowest BCUT2D eigenvalue weighted by Crippen LogP contribution is -2.47. The molecule has 0 aromatic heterocycles. The van der Waals surface area contributed by atoms with Crippen molar-refractivity contribution in [3.63, 3.8) is 0 Å². The lowest BCUT2D eigenvalue weighted by molar-refractivity contribution is -0.159. The summed E-state index contributed by atoms with van der Waals surface area (Å²) in [5.74, 6) is -0.892. The van der Waals surface area contributed by atoms with E-state index in [1.54, 1.807) is 32.7 Å². The van der Waals surface area contributed by atoms with E-state index in [1.807, 2.05) is 0 Å². The first-order chi connectivity index (χ1) is 13.6. The summed E-state index contributed by atoms with van der Waals surface area (Å²) in [5, 5.41) is 0. The minimum absolute atomic E-state index is 0.0176. The van der Waals surface area contributed by atoms with Gasteiger partial charge in [0.05, 0.1) is 25.3 Å². The normalized spacial score (nSPS) is 25.5. The van der Waals surface area contributed by atoms with Crippen LogP contribution in [0, 0.1) is 5.92 Å². The number of methoxy groups -OCH3 is 1. The van der Waals surface area contributed by atoms with Crippen LogP contribution in [0.1, 0.15) is 65.7 Å². The molecule has 1 atom stereocenters. The number of ether oxygens (including phenoxy) is 3. The zero-order chi connectivity index (χ0) is 21.6. The standard InChI is InChI=1S/C21H36N2O6/c1-21(2,3)29-19(25)13-18(24)22(4)17-7-6-12-23(17)14-28-16-10-8-15(9-11-16)20(26)27-5/h15-17H,6-14H2,1-5H3. The number of carbonyl (C=O) groups excluding carboxylic acids is 3. The van der Waals surface area contributed by atoms with E-state index < -0.39 is 11.6 Å². The highest BCUT2D eigenvalue weighted by Crippen LogP contribution is 2.28. The van der Waals surface area contributed by atoms with Crippen molar-refractivity contribution < 1.29 is 28.6 Å². The Kier molecular flexibility index (Phi) is 8.46. The molecule has 1 aliphatic heterocycles. The third-order valence-electron chi connectivity index (χ3n) is 5.57. The quantitative estimate of drug-likeness (QED) is 0.468. The summed E-state index contributed by atoms with van der Waals surface area (Å²) < 4.78 is 16.2. The van der Waals surface area contributed by atoms with E-state index in [-0.39, 0.29) is 36.5 Å².